The second-order valence-electron chi connectivity index (χ2n) is 3.86. The highest BCUT2D eigenvalue weighted by molar-refractivity contribution is 5.81. The van der Waals surface area contributed by atoms with Crippen molar-refractivity contribution in [3.8, 4) is 5.75 Å². The maximum Gasteiger partial charge on any atom is 0.332 e. The zero-order valence-corrected chi connectivity index (χ0v) is 10.6. The highest BCUT2D eigenvalue weighted by Crippen LogP contribution is 2.12. The quantitative estimate of drug-likeness (QED) is 0.442. The number of unbranched alkanes of at least 4 members (excludes halogenated alkanes) is 2. The monoisotopic (exact) mass is 249 g/mol. The van der Waals surface area contributed by atoms with Gasteiger partial charge in [0.1, 0.15) is 5.75 Å². The molecule has 0 unspecified atom stereocenters. The summed E-state index contributed by atoms with van der Waals surface area (Å²) < 4.78 is 5.60. The molecule has 0 aliphatic rings. The summed E-state index contributed by atoms with van der Waals surface area (Å²) in [6.07, 6.45) is 4.92. The molecule has 0 fully saturated rings. The average Bonchev–Trinajstić information content (AvgIpc) is 2.35. The van der Waals surface area contributed by atoms with Crippen molar-refractivity contribution in [2.24, 2.45) is 10.8 Å². The Bertz CT molecular complexity index is 405. The van der Waals surface area contributed by atoms with E-state index in [0.717, 1.165) is 17.7 Å². The zero-order valence-electron chi connectivity index (χ0n) is 10.6. The number of urea groups is 1. The molecule has 0 aliphatic heterocycles. The molecule has 0 aromatic heterocycles. The molecule has 0 aliphatic carbocycles. The fourth-order valence-corrected chi connectivity index (χ4v) is 1.40. The Kier molecular flexibility index (Phi) is 6.32. The number of rotatable bonds is 7. The van der Waals surface area contributed by atoms with Crippen molar-refractivity contribution in [3.63, 3.8) is 0 Å². The van der Waals surface area contributed by atoms with Gasteiger partial charge in [-0.3, -0.25) is 0 Å². The molecule has 1 aromatic carbocycles. The molecule has 0 saturated heterocycles. The molecule has 98 valence electrons. The zero-order chi connectivity index (χ0) is 13.2. The maximum absolute atomic E-state index is 10.4. The summed E-state index contributed by atoms with van der Waals surface area (Å²) in [6.45, 7) is 2.87. The van der Waals surface area contributed by atoms with Gasteiger partial charge in [0.2, 0.25) is 0 Å². The molecule has 5 nitrogen and oxygen atoms in total. The van der Waals surface area contributed by atoms with E-state index in [1.807, 2.05) is 24.3 Å². The van der Waals surface area contributed by atoms with Crippen LogP contribution in [0.3, 0.4) is 0 Å². The van der Waals surface area contributed by atoms with Crippen LogP contribution in [0.5, 0.6) is 5.75 Å². The Hall–Kier alpha value is -2.04. The molecular weight excluding hydrogens is 230 g/mol. The molecule has 5 heteroatoms. The molecular formula is C13H19N3O2. The number of hydrogen-bond acceptors (Lipinski definition) is 3. The highest BCUT2D eigenvalue weighted by Gasteiger charge is 1.95. The molecule has 1 rings (SSSR count). The number of nitrogens with zero attached hydrogens (tertiary/aromatic N) is 1. The van der Waals surface area contributed by atoms with Gasteiger partial charge in [-0.05, 0) is 24.1 Å². The average molecular weight is 249 g/mol. The van der Waals surface area contributed by atoms with Gasteiger partial charge in [0.05, 0.1) is 12.8 Å². The van der Waals surface area contributed by atoms with Crippen LogP contribution in [-0.2, 0) is 0 Å². The van der Waals surface area contributed by atoms with E-state index in [9.17, 15) is 4.79 Å². The minimum absolute atomic E-state index is 0.682. The molecule has 0 heterocycles. The van der Waals surface area contributed by atoms with Gasteiger partial charge in [-0.1, -0.05) is 31.9 Å². The third-order valence-corrected chi connectivity index (χ3v) is 2.26. The van der Waals surface area contributed by atoms with Crippen LogP contribution in [0.15, 0.2) is 29.4 Å². The Labute approximate surface area is 107 Å². The van der Waals surface area contributed by atoms with Crippen LogP contribution in [0.4, 0.5) is 4.79 Å². The predicted octanol–water partition coefficient (Wildman–Crippen LogP) is 2.26. The lowest BCUT2D eigenvalue weighted by Gasteiger charge is -2.05. The maximum atomic E-state index is 10.4. The molecule has 1 aromatic rings. The Morgan fingerprint density at radius 3 is 3.06 bits per heavy atom. The summed E-state index contributed by atoms with van der Waals surface area (Å²) in [4.78, 5) is 10.4. The number of hydrazone groups is 1. The third-order valence-electron chi connectivity index (χ3n) is 2.26. The molecule has 3 N–H and O–H groups in total. The van der Waals surface area contributed by atoms with E-state index in [4.69, 9.17) is 10.5 Å². The predicted molar refractivity (Wildman–Crippen MR) is 71.8 cm³/mol. The number of primary amides is 1. The van der Waals surface area contributed by atoms with Gasteiger partial charge in [0.15, 0.2) is 0 Å². The van der Waals surface area contributed by atoms with Crippen LogP contribution in [0.25, 0.3) is 0 Å². The smallest absolute Gasteiger partial charge is 0.332 e. The van der Waals surface area contributed by atoms with E-state index in [2.05, 4.69) is 17.5 Å². The fraction of sp³-hybridized carbons (Fsp3) is 0.385. The lowest BCUT2D eigenvalue weighted by molar-refractivity contribution is 0.249. The lowest BCUT2D eigenvalue weighted by Crippen LogP contribution is -2.24. The molecule has 0 bridgehead atoms. The Morgan fingerprint density at radius 2 is 2.33 bits per heavy atom. The number of amides is 2. The van der Waals surface area contributed by atoms with Gasteiger partial charge in [-0.15, -0.1) is 0 Å². The van der Waals surface area contributed by atoms with Crippen LogP contribution in [0, 0.1) is 0 Å². The van der Waals surface area contributed by atoms with Gasteiger partial charge >= 0.3 is 6.03 Å². The van der Waals surface area contributed by atoms with Gasteiger partial charge < -0.3 is 10.5 Å². The first-order valence-corrected chi connectivity index (χ1v) is 6.03. The van der Waals surface area contributed by atoms with Crippen molar-refractivity contribution < 1.29 is 9.53 Å². The number of nitrogens with one attached hydrogen (secondary N) is 1. The second kappa shape index (κ2) is 8.11. The fourth-order valence-electron chi connectivity index (χ4n) is 1.40. The Balaban J connectivity index is 2.46. The summed E-state index contributed by atoms with van der Waals surface area (Å²) in [5.74, 6) is 0.800. The normalized spacial score (nSPS) is 10.5. The topological polar surface area (TPSA) is 76.7 Å². The van der Waals surface area contributed by atoms with E-state index in [-0.39, 0.29) is 0 Å². The van der Waals surface area contributed by atoms with Gasteiger partial charge in [-0.25, -0.2) is 10.2 Å². The number of benzene rings is 1. The Morgan fingerprint density at radius 1 is 1.50 bits per heavy atom. The first-order valence-electron chi connectivity index (χ1n) is 6.03. The molecule has 0 spiro atoms. The molecule has 0 atom stereocenters. The summed E-state index contributed by atoms with van der Waals surface area (Å²) in [5, 5.41) is 3.69. The third kappa shape index (κ3) is 5.89. The minimum Gasteiger partial charge on any atom is -0.494 e. The molecule has 0 saturated carbocycles. The van der Waals surface area contributed by atoms with Crippen LogP contribution in [-0.4, -0.2) is 18.9 Å². The van der Waals surface area contributed by atoms with E-state index in [1.54, 1.807) is 0 Å². The van der Waals surface area contributed by atoms with Crippen molar-refractivity contribution in [2.45, 2.75) is 26.2 Å². The standard InChI is InChI=1S/C13H19N3O2/c1-2-3-4-8-18-12-7-5-6-11(9-12)10-15-16-13(14)17/h5-7,9-10H,2-4,8H2,1H3,(H3,14,16,17). The number of carbonyl (C=O) groups excluding carboxylic acids is 1. The SMILES string of the molecule is CCCCCOc1cccc(C=NNC(N)=O)c1. The first kappa shape index (κ1) is 14.0. The van der Waals surface area contributed by atoms with E-state index in [0.29, 0.717) is 6.61 Å². The van der Waals surface area contributed by atoms with Crippen molar-refractivity contribution >= 4 is 12.2 Å². The van der Waals surface area contributed by atoms with Crippen LogP contribution >= 0.6 is 0 Å². The number of ether oxygens (including phenoxy) is 1. The van der Waals surface area contributed by atoms with E-state index < -0.39 is 6.03 Å². The van der Waals surface area contributed by atoms with Crippen LogP contribution in [0.1, 0.15) is 31.7 Å². The van der Waals surface area contributed by atoms with Crippen molar-refractivity contribution in [2.75, 3.05) is 6.61 Å². The highest BCUT2D eigenvalue weighted by atomic mass is 16.5. The van der Waals surface area contributed by atoms with Crippen molar-refractivity contribution in [1.29, 1.82) is 0 Å². The van der Waals surface area contributed by atoms with Crippen molar-refractivity contribution in [1.82, 2.24) is 5.43 Å². The van der Waals surface area contributed by atoms with Gasteiger partial charge in [0, 0.05) is 0 Å². The number of nitrogens with two attached hydrogens (primary N) is 1. The molecule has 0 radical (unpaired) electrons. The first-order chi connectivity index (χ1) is 8.72. The van der Waals surface area contributed by atoms with Crippen LogP contribution < -0.4 is 15.9 Å². The lowest BCUT2D eigenvalue weighted by atomic mass is 10.2. The summed E-state index contributed by atoms with van der Waals surface area (Å²) in [6, 6.07) is 6.81. The van der Waals surface area contributed by atoms with Crippen LogP contribution in [0.2, 0.25) is 0 Å². The molecule has 18 heavy (non-hydrogen) atoms. The summed E-state index contributed by atoms with van der Waals surface area (Å²) in [5.41, 5.74) is 7.88. The van der Waals surface area contributed by atoms with Crippen molar-refractivity contribution in [3.05, 3.63) is 29.8 Å². The minimum atomic E-state index is -0.682. The summed E-state index contributed by atoms with van der Waals surface area (Å²) in [7, 11) is 0. The van der Waals surface area contributed by atoms with Gasteiger partial charge in [-0.2, -0.15) is 5.10 Å². The molecule has 2 amide bonds. The van der Waals surface area contributed by atoms with E-state index >= 15 is 0 Å². The second-order valence-corrected chi connectivity index (χ2v) is 3.86. The van der Waals surface area contributed by atoms with Gasteiger partial charge in [0.25, 0.3) is 0 Å². The largest absolute Gasteiger partial charge is 0.494 e. The summed E-state index contributed by atoms with van der Waals surface area (Å²) >= 11 is 0. The number of hydrogen-bond donors (Lipinski definition) is 2. The number of carbonyl (C=O) groups is 1. The van der Waals surface area contributed by atoms with E-state index in [1.165, 1.54) is 19.1 Å².